The quantitative estimate of drug-likeness (QED) is 0.669. The lowest BCUT2D eigenvalue weighted by atomic mass is 10.0. The molecular weight excluding hydrogens is 238 g/mol. The SMILES string of the molecule is N#C/C(=C/c1ccccc1)c1ccc(C(=O)O)cc1. The molecule has 0 saturated heterocycles. The Morgan fingerprint density at radius 1 is 1.00 bits per heavy atom. The first-order valence-corrected chi connectivity index (χ1v) is 5.71. The molecule has 2 aromatic rings. The summed E-state index contributed by atoms with van der Waals surface area (Å²) < 4.78 is 0. The molecule has 0 aromatic heterocycles. The molecule has 3 nitrogen and oxygen atoms in total. The minimum absolute atomic E-state index is 0.209. The fourth-order valence-corrected chi connectivity index (χ4v) is 1.69. The zero-order chi connectivity index (χ0) is 13.7. The van der Waals surface area contributed by atoms with Crippen LogP contribution < -0.4 is 0 Å². The van der Waals surface area contributed by atoms with Gasteiger partial charge in [0.05, 0.1) is 17.2 Å². The van der Waals surface area contributed by atoms with E-state index in [1.807, 2.05) is 30.3 Å². The van der Waals surface area contributed by atoms with E-state index in [4.69, 9.17) is 5.11 Å². The second kappa shape index (κ2) is 5.65. The normalized spacial score (nSPS) is 10.8. The van der Waals surface area contributed by atoms with Gasteiger partial charge in [0.25, 0.3) is 0 Å². The Bertz CT molecular complexity index is 649. The average molecular weight is 249 g/mol. The van der Waals surface area contributed by atoms with E-state index < -0.39 is 5.97 Å². The van der Waals surface area contributed by atoms with Gasteiger partial charge in [-0.15, -0.1) is 0 Å². The Hall–Kier alpha value is -2.86. The van der Waals surface area contributed by atoms with Crippen molar-refractivity contribution in [3.05, 3.63) is 71.3 Å². The topological polar surface area (TPSA) is 61.1 Å². The molecular formula is C16H11NO2. The Morgan fingerprint density at radius 2 is 1.58 bits per heavy atom. The predicted octanol–water partition coefficient (Wildman–Crippen LogP) is 3.45. The molecule has 0 amide bonds. The highest BCUT2D eigenvalue weighted by Crippen LogP contribution is 2.18. The third kappa shape index (κ3) is 3.08. The number of aromatic carboxylic acids is 1. The van der Waals surface area contributed by atoms with Crippen LogP contribution in [0.2, 0.25) is 0 Å². The summed E-state index contributed by atoms with van der Waals surface area (Å²) in [4.78, 5) is 10.8. The van der Waals surface area contributed by atoms with Crippen LogP contribution in [0.25, 0.3) is 11.6 Å². The molecule has 0 aliphatic carbocycles. The van der Waals surface area contributed by atoms with E-state index in [1.165, 1.54) is 12.1 Å². The number of hydrogen-bond acceptors (Lipinski definition) is 2. The zero-order valence-electron chi connectivity index (χ0n) is 10.1. The van der Waals surface area contributed by atoms with Crippen molar-refractivity contribution in [1.29, 1.82) is 5.26 Å². The van der Waals surface area contributed by atoms with Gasteiger partial charge in [0.1, 0.15) is 0 Å². The number of benzene rings is 2. The van der Waals surface area contributed by atoms with Crippen LogP contribution in [0.15, 0.2) is 54.6 Å². The molecule has 0 spiro atoms. The molecule has 0 saturated carbocycles. The number of rotatable bonds is 3. The van der Waals surface area contributed by atoms with Gasteiger partial charge >= 0.3 is 5.97 Å². The molecule has 19 heavy (non-hydrogen) atoms. The molecule has 1 N–H and O–H groups in total. The largest absolute Gasteiger partial charge is 0.478 e. The maximum Gasteiger partial charge on any atom is 0.335 e. The maximum atomic E-state index is 10.8. The van der Waals surface area contributed by atoms with Crippen molar-refractivity contribution in [1.82, 2.24) is 0 Å². The van der Waals surface area contributed by atoms with Gasteiger partial charge in [-0.3, -0.25) is 0 Å². The summed E-state index contributed by atoms with van der Waals surface area (Å²) >= 11 is 0. The smallest absolute Gasteiger partial charge is 0.335 e. The monoisotopic (exact) mass is 249 g/mol. The van der Waals surface area contributed by atoms with E-state index in [2.05, 4.69) is 6.07 Å². The highest BCUT2D eigenvalue weighted by Gasteiger charge is 2.04. The third-order valence-electron chi connectivity index (χ3n) is 2.67. The Kier molecular flexibility index (Phi) is 3.75. The first-order valence-electron chi connectivity index (χ1n) is 5.71. The van der Waals surface area contributed by atoms with Crippen molar-refractivity contribution < 1.29 is 9.90 Å². The molecule has 3 heteroatoms. The highest BCUT2D eigenvalue weighted by molar-refractivity contribution is 5.92. The van der Waals surface area contributed by atoms with Gasteiger partial charge in [-0.2, -0.15) is 5.26 Å². The molecule has 92 valence electrons. The summed E-state index contributed by atoms with van der Waals surface area (Å²) in [5, 5.41) is 18.0. The number of allylic oxidation sites excluding steroid dienone is 1. The Labute approximate surface area is 111 Å². The summed E-state index contributed by atoms with van der Waals surface area (Å²) in [5.41, 5.74) is 2.35. The summed E-state index contributed by atoms with van der Waals surface area (Å²) in [6.45, 7) is 0. The van der Waals surface area contributed by atoms with Crippen molar-refractivity contribution in [2.45, 2.75) is 0 Å². The second-order valence-corrected chi connectivity index (χ2v) is 3.96. The number of hydrogen-bond donors (Lipinski definition) is 1. The van der Waals surface area contributed by atoms with E-state index in [9.17, 15) is 10.1 Å². The molecule has 0 heterocycles. The number of carbonyl (C=O) groups is 1. The molecule has 0 aliphatic rings. The first-order chi connectivity index (χ1) is 9.20. The fourth-order valence-electron chi connectivity index (χ4n) is 1.69. The van der Waals surface area contributed by atoms with Crippen molar-refractivity contribution in [2.75, 3.05) is 0 Å². The van der Waals surface area contributed by atoms with E-state index in [0.717, 1.165) is 5.56 Å². The third-order valence-corrected chi connectivity index (χ3v) is 2.67. The van der Waals surface area contributed by atoms with Crippen LogP contribution in [-0.4, -0.2) is 11.1 Å². The average Bonchev–Trinajstić information content (AvgIpc) is 2.46. The van der Waals surface area contributed by atoms with Gasteiger partial charge in [0.2, 0.25) is 0 Å². The van der Waals surface area contributed by atoms with E-state index in [0.29, 0.717) is 11.1 Å². The summed E-state index contributed by atoms with van der Waals surface area (Å²) in [6, 6.07) is 17.9. The first kappa shape index (κ1) is 12.6. The summed E-state index contributed by atoms with van der Waals surface area (Å²) in [6.07, 6.45) is 1.77. The minimum Gasteiger partial charge on any atom is -0.478 e. The standard InChI is InChI=1S/C16H11NO2/c17-11-15(10-12-4-2-1-3-5-12)13-6-8-14(9-7-13)16(18)19/h1-10H,(H,18,19)/b15-10-. The number of nitriles is 1. The molecule has 0 atom stereocenters. The maximum absolute atomic E-state index is 10.8. The van der Waals surface area contributed by atoms with Gasteiger partial charge < -0.3 is 5.11 Å². The number of carboxylic acids is 1. The van der Waals surface area contributed by atoms with Gasteiger partial charge in [-0.1, -0.05) is 42.5 Å². The molecule has 0 aliphatic heterocycles. The second-order valence-electron chi connectivity index (χ2n) is 3.96. The molecule has 0 radical (unpaired) electrons. The van der Waals surface area contributed by atoms with Crippen LogP contribution in [0.5, 0.6) is 0 Å². The fraction of sp³-hybridized carbons (Fsp3) is 0. The van der Waals surface area contributed by atoms with E-state index in [1.54, 1.807) is 18.2 Å². The highest BCUT2D eigenvalue weighted by atomic mass is 16.4. The van der Waals surface area contributed by atoms with E-state index >= 15 is 0 Å². The van der Waals surface area contributed by atoms with E-state index in [-0.39, 0.29) is 5.56 Å². The molecule has 2 rings (SSSR count). The van der Waals surface area contributed by atoms with Crippen LogP contribution in [0.1, 0.15) is 21.5 Å². The van der Waals surface area contributed by atoms with Gasteiger partial charge in [0.15, 0.2) is 0 Å². The lowest BCUT2D eigenvalue weighted by Gasteiger charge is -2.01. The van der Waals surface area contributed by atoms with Crippen LogP contribution >= 0.6 is 0 Å². The van der Waals surface area contributed by atoms with Gasteiger partial charge in [0, 0.05) is 0 Å². The van der Waals surface area contributed by atoms with Gasteiger partial charge in [-0.05, 0) is 29.3 Å². The molecule has 0 bridgehead atoms. The lowest BCUT2D eigenvalue weighted by molar-refractivity contribution is 0.0697. The predicted molar refractivity (Wildman–Crippen MR) is 73.3 cm³/mol. The van der Waals surface area contributed by atoms with Crippen molar-refractivity contribution in [2.24, 2.45) is 0 Å². The van der Waals surface area contributed by atoms with Crippen LogP contribution in [-0.2, 0) is 0 Å². The molecule has 2 aromatic carbocycles. The molecule has 0 fully saturated rings. The molecule has 0 unspecified atom stereocenters. The zero-order valence-corrected chi connectivity index (χ0v) is 10.1. The number of carboxylic acid groups (broad SMARTS) is 1. The van der Waals surface area contributed by atoms with Crippen LogP contribution in [0.3, 0.4) is 0 Å². The van der Waals surface area contributed by atoms with Crippen LogP contribution in [0, 0.1) is 11.3 Å². The van der Waals surface area contributed by atoms with Gasteiger partial charge in [-0.25, -0.2) is 4.79 Å². The summed E-state index contributed by atoms with van der Waals surface area (Å²) in [7, 11) is 0. The van der Waals surface area contributed by atoms with Crippen LogP contribution in [0.4, 0.5) is 0 Å². The number of nitrogens with zero attached hydrogens (tertiary/aromatic N) is 1. The Morgan fingerprint density at radius 3 is 2.11 bits per heavy atom. The van der Waals surface area contributed by atoms with Crippen molar-refractivity contribution in [3.8, 4) is 6.07 Å². The minimum atomic E-state index is -0.975. The Balaban J connectivity index is 2.36. The lowest BCUT2D eigenvalue weighted by Crippen LogP contribution is -1.95. The van der Waals surface area contributed by atoms with Crippen molar-refractivity contribution in [3.63, 3.8) is 0 Å². The summed E-state index contributed by atoms with van der Waals surface area (Å²) in [5.74, 6) is -0.975. The van der Waals surface area contributed by atoms with Crippen molar-refractivity contribution >= 4 is 17.6 Å².